The summed E-state index contributed by atoms with van der Waals surface area (Å²) in [7, 11) is 2.75. The predicted molar refractivity (Wildman–Crippen MR) is 85.4 cm³/mol. The first kappa shape index (κ1) is 21.4. The van der Waals surface area contributed by atoms with Crippen LogP contribution in [0, 0.1) is 12.3 Å². The normalized spacial score (nSPS) is 11.6. The van der Waals surface area contributed by atoms with Gasteiger partial charge in [-0.3, -0.25) is 14.4 Å². The smallest absolute Gasteiger partial charge is 0.308 e. The summed E-state index contributed by atoms with van der Waals surface area (Å²) >= 11 is 0. The molecule has 0 fully saturated rings. The van der Waals surface area contributed by atoms with Crippen LogP contribution in [0.25, 0.3) is 0 Å². The lowest BCUT2D eigenvalue weighted by Gasteiger charge is -2.14. The predicted octanol–water partition coefficient (Wildman–Crippen LogP) is 2.84. The van der Waals surface area contributed by atoms with E-state index in [0.717, 1.165) is 19.3 Å². The molecular weight excluding hydrogens is 300 g/mol. The second-order valence-electron chi connectivity index (χ2n) is 5.26. The average Bonchev–Trinajstić information content (AvgIpc) is 2.55. The quantitative estimate of drug-likeness (QED) is 0.294. The van der Waals surface area contributed by atoms with Gasteiger partial charge in [0.2, 0.25) is 0 Å². The first-order valence-corrected chi connectivity index (χ1v) is 8.17. The van der Waals surface area contributed by atoms with Gasteiger partial charge >= 0.3 is 17.9 Å². The van der Waals surface area contributed by atoms with Gasteiger partial charge in [-0.15, -0.1) is 0 Å². The summed E-state index contributed by atoms with van der Waals surface area (Å²) in [6.07, 6.45) is 7.10. The van der Waals surface area contributed by atoms with E-state index in [1.54, 1.807) is 6.92 Å². The lowest BCUT2D eigenvalue weighted by atomic mass is 9.95. The van der Waals surface area contributed by atoms with Gasteiger partial charge in [0.1, 0.15) is 0 Å². The number of carbonyl (C=O) groups is 3. The molecule has 0 aliphatic heterocycles. The molecule has 0 aliphatic rings. The first-order chi connectivity index (χ1) is 11.0. The molecule has 0 aromatic heterocycles. The maximum absolute atomic E-state index is 11.7. The lowest BCUT2D eigenvalue weighted by molar-refractivity contribution is -0.147. The van der Waals surface area contributed by atoms with Crippen molar-refractivity contribution in [3.8, 4) is 0 Å². The molecule has 133 valence electrons. The van der Waals surface area contributed by atoms with Crippen molar-refractivity contribution in [2.45, 2.75) is 58.3 Å². The largest absolute Gasteiger partial charge is 0.469 e. The Balaban J connectivity index is 3.90. The highest BCUT2D eigenvalue weighted by Crippen LogP contribution is 2.18. The number of unbranched alkanes of at least 4 members (excludes halogenated alkanes) is 3. The summed E-state index contributed by atoms with van der Waals surface area (Å²) in [5.41, 5.74) is 0. The molecule has 0 spiro atoms. The molecule has 0 heterocycles. The zero-order chi connectivity index (χ0) is 17.5. The number of hydrogen-bond acceptors (Lipinski definition) is 6. The van der Waals surface area contributed by atoms with E-state index in [1.165, 1.54) is 14.2 Å². The van der Waals surface area contributed by atoms with Crippen molar-refractivity contribution >= 4 is 17.9 Å². The van der Waals surface area contributed by atoms with Gasteiger partial charge < -0.3 is 14.2 Å². The summed E-state index contributed by atoms with van der Waals surface area (Å²) in [6, 6.07) is 0. The number of esters is 3. The van der Waals surface area contributed by atoms with Gasteiger partial charge in [-0.25, -0.2) is 0 Å². The van der Waals surface area contributed by atoms with Gasteiger partial charge in [0, 0.05) is 12.8 Å². The van der Waals surface area contributed by atoms with Crippen LogP contribution >= 0.6 is 0 Å². The molecule has 0 bridgehead atoms. The second kappa shape index (κ2) is 14.0. The number of methoxy groups -OCH3 is 2. The Morgan fingerprint density at radius 2 is 1.65 bits per heavy atom. The molecule has 23 heavy (non-hydrogen) atoms. The molecule has 0 saturated carbocycles. The van der Waals surface area contributed by atoms with E-state index in [0.29, 0.717) is 38.7 Å². The maximum Gasteiger partial charge on any atom is 0.308 e. The van der Waals surface area contributed by atoms with Crippen molar-refractivity contribution in [3.05, 3.63) is 6.42 Å². The zero-order valence-electron chi connectivity index (χ0n) is 14.5. The minimum absolute atomic E-state index is 0.198. The Labute approximate surface area is 138 Å². The van der Waals surface area contributed by atoms with Crippen LogP contribution in [0.15, 0.2) is 0 Å². The second-order valence-corrected chi connectivity index (χ2v) is 5.26. The molecule has 6 nitrogen and oxygen atoms in total. The Bertz CT molecular complexity index is 353. The third-order valence-electron chi connectivity index (χ3n) is 3.49. The molecule has 0 N–H and O–H groups in total. The molecule has 1 unspecified atom stereocenters. The van der Waals surface area contributed by atoms with E-state index in [-0.39, 0.29) is 23.8 Å². The molecule has 0 saturated heterocycles. The fourth-order valence-corrected chi connectivity index (χ4v) is 2.20. The van der Waals surface area contributed by atoms with Gasteiger partial charge in [-0.05, 0) is 39.0 Å². The van der Waals surface area contributed by atoms with Gasteiger partial charge in [-0.2, -0.15) is 0 Å². The fourth-order valence-electron chi connectivity index (χ4n) is 2.20. The highest BCUT2D eigenvalue weighted by molar-refractivity contribution is 5.72. The van der Waals surface area contributed by atoms with Crippen LogP contribution in [-0.2, 0) is 28.6 Å². The van der Waals surface area contributed by atoms with E-state index >= 15 is 0 Å². The highest BCUT2D eigenvalue weighted by Gasteiger charge is 2.19. The van der Waals surface area contributed by atoms with Crippen LogP contribution in [0.1, 0.15) is 58.3 Å². The molecule has 0 aromatic rings. The molecule has 1 atom stereocenters. The zero-order valence-corrected chi connectivity index (χ0v) is 14.5. The molecule has 0 aromatic carbocycles. The molecule has 6 heteroatoms. The van der Waals surface area contributed by atoms with Crippen LogP contribution in [0.3, 0.4) is 0 Å². The Morgan fingerprint density at radius 3 is 2.26 bits per heavy atom. The number of ether oxygens (including phenoxy) is 3. The molecule has 1 radical (unpaired) electrons. The third kappa shape index (κ3) is 11.6. The van der Waals surface area contributed by atoms with E-state index in [2.05, 4.69) is 4.74 Å². The maximum atomic E-state index is 11.7. The van der Waals surface area contributed by atoms with E-state index in [1.807, 2.05) is 6.42 Å². The van der Waals surface area contributed by atoms with Crippen molar-refractivity contribution in [2.24, 2.45) is 5.92 Å². The molecular formula is C17H29O6. The van der Waals surface area contributed by atoms with Crippen molar-refractivity contribution in [1.82, 2.24) is 0 Å². The molecule has 0 amide bonds. The molecule has 0 rings (SSSR count). The Morgan fingerprint density at radius 1 is 0.957 bits per heavy atom. The summed E-state index contributed by atoms with van der Waals surface area (Å²) < 4.78 is 14.2. The van der Waals surface area contributed by atoms with E-state index in [9.17, 15) is 14.4 Å². The topological polar surface area (TPSA) is 78.9 Å². The molecule has 0 aliphatic carbocycles. The Kier molecular flexibility index (Phi) is 13.1. The summed E-state index contributed by atoms with van der Waals surface area (Å²) in [4.78, 5) is 34.0. The van der Waals surface area contributed by atoms with E-state index in [4.69, 9.17) is 9.47 Å². The van der Waals surface area contributed by atoms with Gasteiger partial charge in [0.25, 0.3) is 0 Å². The number of carbonyl (C=O) groups excluding carboxylic acids is 3. The minimum atomic E-state index is -0.250. The summed E-state index contributed by atoms with van der Waals surface area (Å²) in [6.45, 7) is 2.14. The van der Waals surface area contributed by atoms with E-state index < -0.39 is 0 Å². The average molecular weight is 329 g/mol. The van der Waals surface area contributed by atoms with Gasteiger partial charge in [-0.1, -0.05) is 12.8 Å². The monoisotopic (exact) mass is 329 g/mol. The highest BCUT2D eigenvalue weighted by atomic mass is 16.5. The van der Waals surface area contributed by atoms with Crippen LogP contribution in [0.5, 0.6) is 0 Å². The fraction of sp³-hybridized carbons (Fsp3) is 0.765. The van der Waals surface area contributed by atoms with Crippen LogP contribution < -0.4 is 0 Å². The van der Waals surface area contributed by atoms with Gasteiger partial charge in [0.05, 0.1) is 26.7 Å². The Hall–Kier alpha value is -1.59. The van der Waals surface area contributed by atoms with Crippen LogP contribution in [-0.4, -0.2) is 38.7 Å². The first-order valence-electron chi connectivity index (χ1n) is 8.17. The number of rotatable bonds is 13. The third-order valence-corrected chi connectivity index (χ3v) is 3.49. The van der Waals surface area contributed by atoms with Crippen LogP contribution in [0.4, 0.5) is 0 Å². The van der Waals surface area contributed by atoms with Crippen LogP contribution in [0.2, 0.25) is 0 Å². The summed E-state index contributed by atoms with van der Waals surface area (Å²) in [5.74, 6) is -0.908. The van der Waals surface area contributed by atoms with Crippen molar-refractivity contribution in [3.63, 3.8) is 0 Å². The van der Waals surface area contributed by atoms with Crippen molar-refractivity contribution in [2.75, 3.05) is 20.8 Å². The van der Waals surface area contributed by atoms with Gasteiger partial charge in [0.15, 0.2) is 0 Å². The standard InChI is InChI=1S/C17H29O6/c1-4-23-16(19)13-9-11-14(17(20)22-3)10-7-5-6-8-12-15(18)21-2/h7,14H,4-6,8-13H2,1-3H3. The lowest BCUT2D eigenvalue weighted by Crippen LogP contribution is -2.17. The van der Waals surface area contributed by atoms with Crippen molar-refractivity contribution < 1.29 is 28.6 Å². The SMILES string of the molecule is CCOC(=O)CCCC(C[CH]CCCCC(=O)OC)C(=O)OC. The summed E-state index contributed by atoms with van der Waals surface area (Å²) in [5, 5.41) is 0. The van der Waals surface area contributed by atoms with Crippen molar-refractivity contribution in [1.29, 1.82) is 0 Å². The number of hydrogen-bond donors (Lipinski definition) is 0. The minimum Gasteiger partial charge on any atom is -0.469 e.